The monoisotopic (exact) mass is 240 g/mol. The van der Waals surface area contributed by atoms with E-state index in [-0.39, 0.29) is 24.1 Å². The van der Waals surface area contributed by atoms with E-state index in [2.05, 4.69) is 10.6 Å². The minimum Gasteiger partial charge on any atom is -0.393 e. The molecule has 0 radical (unpaired) electrons. The first-order valence-electron chi connectivity index (χ1n) is 6.97. The van der Waals surface area contributed by atoms with Crippen molar-refractivity contribution in [2.24, 2.45) is 0 Å². The van der Waals surface area contributed by atoms with Gasteiger partial charge < -0.3 is 15.7 Å². The van der Waals surface area contributed by atoms with Crippen LogP contribution in [0.15, 0.2) is 0 Å². The van der Waals surface area contributed by atoms with Crippen LogP contribution in [-0.2, 0) is 4.79 Å². The Morgan fingerprint density at radius 3 is 2.59 bits per heavy atom. The van der Waals surface area contributed by atoms with Crippen molar-refractivity contribution >= 4 is 5.91 Å². The van der Waals surface area contributed by atoms with E-state index in [9.17, 15) is 9.90 Å². The summed E-state index contributed by atoms with van der Waals surface area (Å²) >= 11 is 0. The van der Waals surface area contributed by atoms with E-state index < -0.39 is 0 Å². The molecule has 17 heavy (non-hydrogen) atoms. The highest BCUT2D eigenvalue weighted by molar-refractivity contribution is 5.82. The fourth-order valence-corrected chi connectivity index (χ4v) is 2.77. The van der Waals surface area contributed by atoms with Gasteiger partial charge in [0.1, 0.15) is 0 Å². The zero-order valence-corrected chi connectivity index (χ0v) is 10.5. The van der Waals surface area contributed by atoms with Crippen molar-refractivity contribution < 1.29 is 9.90 Å². The van der Waals surface area contributed by atoms with Gasteiger partial charge in [-0.1, -0.05) is 12.8 Å². The summed E-state index contributed by atoms with van der Waals surface area (Å²) in [7, 11) is 0. The van der Waals surface area contributed by atoms with E-state index in [0.717, 1.165) is 45.1 Å². The summed E-state index contributed by atoms with van der Waals surface area (Å²) in [6, 6.07) is 0.278. The van der Waals surface area contributed by atoms with Gasteiger partial charge in [-0.2, -0.15) is 0 Å². The number of aliphatic hydroxyl groups excluding tert-OH is 1. The third kappa shape index (κ3) is 3.96. The van der Waals surface area contributed by atoms with E-state index >= 15 is 0 Å². The van der Waals surface area contributed by atoms with Crippen LogP contribution >= 0.6 is 0 Å². The van der Waals surface area contributed by atoms with Gasteiger partial charge in [0.05, 0.1) is 12.1 Å². The van der Waals surface area contributed by atoms with Crippen LogP contribution in [0.2, 0.25) is 0 Å². The van der Waals surface area contributed by atoms with Crippen molar-refractivity contribution in [1.82, 2.24) is 10.6 Å². The molecule has 1 unspecified atom stereocenters. The number of amides is 1. The van der Waals surface area contributed by atoms with Gasteiger partial charge in [0.15, 0.2) is 0 Å². The van der Waals surface area contributed by atoms with Gasteiger partial charge in [-0.3, -0.25) is 4.79 Å². The Hall–Kier alpha value is -0.610. The minimum absolute atomic E-state index is 0.00403. The lowest BCUT2D eigenvalue weighted by atomic mass is 9.93. The fraction of sp³-hybridized carbons (Fsp3) is 0.923. The average Bonchev–Trinajstić information content (AvgIpc) is 2.61. The maximum Gasteiger partial charge on any atom is 0.237 e. The molecule has 2 rings (SSSR count). The predicted octanol–water partition coefficient (Wildman–Crippen LogP) is 0.938. The van der Waals surface area contributed by atoms with Crippen molar-refractivity contribution in [3.05, 3.63) is 0 Å². The highest BCUT2D eigenvalue weighted by Gasteiger charge is 2.25. The Morgan fingerprint density at radius 1 is 1.06 bits per heavy atom. The van der Waals surface area contributed by atoms with Gasteiger partial charge in [0, 0.05) is 6.04 Å². The molecular formula is C13H24N2O2. The Balaban J connectivity index is 1.75. The molecule has 2 fully saturated rings. The fourth-order valence-electron chi connectivity index (χ4n) is 2.77. The van der Waals surface area contributed by atoms with Gasteiger partial charge in [-0.15, -0.1) is 0 Å². The molecule has 0 aromatic rings. The number of carbonyl (C=O) groups is 1. The number of rotatable bonds is 2. The molecule has 1 saturated carbocycles. The van der Waals surface area contributed by atoms with E-state index in [1.807, 2.05) is 0 Å². The topological polar surface area (TPSA) is 61.4 Å². The van der Waals surface area contributed by atoms with Crippen molar-refractivity contribution in [3.63, 3.8) is 0 Å². The van der Waals surface area contributed by atoms with Crippen LogP contribution in [-0.4, -0.2) is 35.7 Å². The van der Waals surface area contributed by atoms with Gasteiger partial charge in [-0.05, 0) is 45.1 Å². The Labute approximate surface area is 103 Å². The standard InChI is InChI=1S/C13H24N2O2/c16-11-7-5-10(6-8-11)15-13(17)12-4-2-1-3-9-14-12/h10-12,14,16H,1-9H2,(H,15,17). The van der Waals surface area contributed by atoms with Gasteiger partial charge in [0.2, 0.25) is 5.91 Å². The third-order valence-electron chi connectivity index (χ3n) is 3.92. The molecule has 4 heteroatoms. The second-order valence-electron chi connectivity index (χ2n) is 5.37. The molecule has 1 saturated heterocycles. The number of nitrogens with one attached hydrogen (secondary N) is 2. The molecule has 1 amide bonds. The summed E-state index contributed by atoms with van der Waals surface area (Å²) in [4.78, 5) is 12.1. The third-order valence-corrected chi connectivity index (χ3v) is 3.92. The van der Waals surface area contributed by atoms with Crippen molar-refractivity contribution in [3.8, 4) is 0 Å². The molecule has 1 heterocycles. The van der Waals surface area contributed by atoms with Crippen LogP contribution < -0.4 is 10.6 Å². The molecule has 0 spiro atoms. The largest absolute Gasteiger partial charge is 0.393 e. The first-order valence-corrected chi connectivity index (χ1v) is 6.97. The molecule has 2 aliphatic rings. The zero-order chi connectivity index (χ0) is 12.1. The van der Waals surface area contributed by atoms with E-state index in [1.54, 1.807) is 0 Å². The summed E-state index contributed by atoms with van der Waals surface area (Å²) in [5.74, 6) is 0.160. The van der Waals surface area contributed by atoms with Crippen LogP contribution in [0.3, 0.4) is 0 Å². The molecule has 0 aromatic heterocycles. The molecule has 1 atom stereocenters. The van der Waals surface area contributed by atoms with E-state index in [4.69, 9.17) is 0 Å². The molecular weight excluding hydrogens is 216 g/mol. The Morgan fingerprint density at radius 2 is 1.82 bits per heavy atom. The second-order valence-corrected chi connectivity index (χ2v) is 5.37. The number of hydrogen-bond donors (Lipinski definition) is 3. The predicted molar refractivity (Wildman–Crippen MR) is 66.7 cm³/mol. The quantitative estimate of drug-likeness (QED) is 0.673. The van der Waals surface area contributed by atoms with Crippen molar-refractivity contribution in [1.29, 1.82) is 0 Å². The lowest BCUT2D eigenvalue weighted by Gasteiger charge is -2.28. The summed E-state index contributed by atoms with van der Waals surface area (Å²) in [6.07, 6.45) is 7.84. The van der Waals surface area contributed by atoms with Gasteiger partial charge >= 0.3 is 0 Å². The molecule has 0 bridgehead atoms. The van der Waals surface area contributed by atoms with Gasteiger partial charge in [0.25, 0.3) is 0 Å². The van der Waals surface area contributed by atoms with Gasteiger partial charge in [-0.25, -0.2) is 0 Å². The molecule has 0 aromatic carbocycles. The molecule has 1 aliphatic heterocycles. The average molecular weight is 240 g/mol. The molecule has 1 aliphatic carbocycles. The Kier molecular flexibility index (Phi) is 4.80. The Bertz CT molecular complexity index is 242. The maximum atomic E-state index is 12.1. The van der Waals surface area contributed by atoms with Crippen LogP contribution in [0.4, 0.5) is 0 Å². The van der Waals surface area contributed by atoms with E-state index in [0.29, 0.717) is 0 Å². The number of hydrogen-bond acceptors (Lipinski definition) is 3. The first-order chi connectivity index (χ1) is 8.25. The molecule has 98 valence electrons. The lowest BCUT2D eigenvalue weighted by Crippen LogP contribution is -2.48. The summed E-state index contributed by atoms with van der Waals surface area (Å²) in [5, 5.41) is 15.9. The maximum absolute atomic E-state index is 12.1. The molecule has 3 N–H and O–H groups in total. The second kappa shape index (κ2) is 6.36. The van der Waals surface area contributed by atoms with Crippen LogP contribution in [0, 0.1) is 0 Å². The summed E-state index contributed by atoms with van der Waals surface area (Å²) < 4.78 is 0. The smallest absolute Gasteiger partial charge is 0.237 e. The normalized spacial score (nSPS) is 35.0. The van der Waals surface area contributed by atoms with Crippen molar-refractivity contribution in [2.45, 2.75) is 69.6 Å². The highest BCUT2D eigenvalue weighted by Crippen LogP contribution is 2.18. The van der Waals surface area contributed by atoms with Crippen LogP contribution in [0.25, 0.3) is 0 Å². The first kappa shape index (κ1) is 12.8. The number of aliphatic hydroxyl groups is 1. The van der Waals surface area contributed by atoms with Crippen molar-refractivity contribution in [2.75, 3.05) is 6.54 Å². The summed E-state index contributed by atoms with van der Waals surface area (Å²) in [6.45, 7) is 0.960. The van der Waals surface area contributed by atoms with Crippen LogP contribution in [0.5, 0.6) is 0 Å². The minimum atomic E-state index is -0.154. The molecule has 4 nitrogen and oxygen atoms in total. The van der Waals surface area contributed by atoms with Crippen LogP contribution in [0.1, 0.15) is 51.4 Å². The lowest BCUT2D eigenvalue weighted by molar-refractivity contribution is -0.124. The number of carbonyl (C=O) groups excluding carboxylic acids is 1. The summed E-state index contributed by atoms with van der Waals surface area (Å²) in [5.41, 5.74) is 0. The van der Waals surface area contributed by atoms with E-state index in [1.165, 1.54) is 12.8 Å². The SMILES string of the molecule is O=C(NC1CCC(O)CC1)C1CCCCCN1. The highest BCUT2D eigenvalue weighted by atomic mass is 16.3. The zero-order valence-electron chi connectivity index (χ0n) is 10.5.